The first-order valence-corrected chi connectivity index (χ1v) is 12.2. The first-order chi connectivity index (χ1) is 14.9. The largest absolute Gasteiger partial charge is 0.369 e. The minimum absolute atomic E-state index is 0.0838. The predicted octanol–water partition coefficient (Wildman–Crippen LogP) is 1.65. The number of nitrogens with zero attached hydrogens (tertiary/aromatic N) is 4. The maximum Gasteiger partial charge on any atom is 0.243 e. The lowest BCUT2D eigenvalue weighted by molar-refractivity contribution is -0.133. The number of carbonyl (C=O) groups is 1. The third kappa shape index (κ3) is 5.08. The SMILES string of the molecule is Cc1ccc(S(=O)(=O)N2CCN(C(=O)CN3CCN(c4ccccc4)CC3)CC2)cc1. The Kier molecular flexibility index (Phi) is 6.60. The van der Waals surface area contributed by atoms with Crippen LogP contribution in [0, 0.1) is 6.92 Å². The third-order valence-electron chi connectivity index (χ3n) is 6.10. The lowest BCUT2D eigenvalue weighted by Crippen LogP contribution is -2.54. The number of hydrogen-bond acceptors (Lipinski definition) is 5. The molecule has 2 aliphatic heterocycles. The Labute approximate surface area is 184 Å². The second-order valence-electron chi connectivity index (χ2n) is 8.20. The van der Waals surface area contributed by atoms with Crippen molar-refractivity contribution in [2.45, 2.75) is 11.8 Å². The number of hydrogen-bond donors (Lipinski definition) is 0. The molecule has 2 heterocycles. The van der Waals surface area contributed by atoms with E-state index >= 15 is 0 Å². The minimum Gasteiger partial charge on any atom is -0.369 e. The zero-order valence-corrected chi connectivity index (χ0v) is 18.8. The highest BCUT2D eigenvalue weighted by atomic mass is 32.2. The van der Waals surface area contributed by atoms with Crippen molar-refractivity contribution >= 4 is 21.6 Å². The molecule has 2 saturated heterocycles. The number of anilines is 1. The Morgan fingerprint density at radius 2 is 1.42 bits per heavy atom. The van der Waals surface area contributed by atoms with Gasteiger partial charge in [-0.2, -0.15) is 4.31 Å². The summed E-state index contributed by atoms with van der Waals surface area (Å²) in [7, 11) is -3.51. The number of rotatable bonds is 5. The molecule has 31 heavy (non-hydrogen) atoms. The molecule has 0 aromatic heterocycles. The summed E-state index contributed by atoms with van der Waals surface area (Å²) in [5, 5.41) is 0. The molecule has 0 saturated carbocycles. The fraction of sp³-hybridized carbons (Fsp3) is 0.435. The first kappa shape index (κ1) is 21.8. The van der Waals surface area contributed by atoms with Crippen molar-refractivity contribution in [3.8, 4) is 0 Å². The van der Waals surface area contributed by atoms with Crippen molar-refractivity contribution in [1.82, 2.24) is 14.1 Å². The highest BCUT2D eigenvalue weighted by Crippen LogP contribution is 2.19. The predicted molar refractivity (Wildman–Crippen MR) is 122 cm³/mol. The van der Waals surface area contributed by atoms with E-state index in [0.29, 0.717) is 37.6 Å². The number of aryl methyl sites for hydroxylation is 1. The molecular weight excluding hydrogens is 412 g/mol. The molecular formula is C23H30N4O3S. The average molecular weight is 443 g/mol. The zero-order chi connectivity index (χ0) is 21.8. The van der Waals surface area contributed by atoms with Gasteiger partial charge in [0.1, 0.15) is 0 Å². The van der Waals surface area contributed by atoms with Gasteiger partial charge >= 0.3 is 0 Å². The van der Waals surface area contributed by atoms with Crippen LogP contribution in [0.3, 0.4) is 0 Å². The summed E-state index contributed by atoms with van der Waals surface area (Å²) < 4.78 is 27.2. The van der Waals surface area contributed by atoms with Crippen molar-refractivity contribution in [2.75, 3.05) is 63.8 Å². The van der Waals surface area contributed by atoms with E-state index in [2.05, 4.69) is 21.9 Å². The molecule has 0 spiro atoms. The van der Waals surface area contributed by atoms with Gasteiger partial charge in [0.15, 0.2) is 0 Å². The molecule has 2 fully saturated rings. The molecule has 2 aromatic rings. The molecule has 2 aliphatic rings. The molecule has 0 bridgehead atoms. The number of sulfonamides is 1. The van der Waals surface area contributed by atoms with E-state index in [1.54, 1.807) is 17.0 Å². The molecule has 7 nitrogen and oxygen atoms in total. The number of para-hydroxylation sites is 1. The Morgan fingerprint density at radius 1 is 0.806 bits per heavy atom. The van der Waals surface area contributed by atoms with E-state index in [4.69, 9.17) is 0 Å². The Bertz CT molecular complexity index is 979. The van der Waals surface area contributed by atoms with Crippen LogP contribution < -0.4 is 4.90 Å². The topological polar surface area (TPSA) is 64.2 Å². The van der Waals surface area contributed by atoms with Gasteiger partial charge in [-0.1, -0.05) is 35.9 Å². The van der Waals surface area contributed by atoms with Crippen molar-refractivity contribution in [2.24, 2.45) is 0 Å². The molecule has 0 N–H and O–H groups in total. The summed E-state index contributed by atoms with van der Waals surface area (Å²) in [5.41, 5.74) is 2.25. The molecule has 0 radical (unpaired) electrons. The summed E-state index contributed by atoms with van der Waals surface area (Å²) in [4.78, 5) is 19.4. The smallest absolute Gasteiger partial charge is 0.243 e. The van der Waals surface area contributed by atoms with Crippen LogP contribution in [-0.2, 0) is 14.8 Å². The van der Waals surface area contributed by atoms with E-state index < -0.39 is 10.0 Å². The van der Waals surface area contributed by atoms with Crippen molar-refractivity contribution < 1.29 is 13.2 Å². The fourth-order valence-electron chi connectivity index (χ4n) is 4.13. The molecule has 8 heteroatoms. The van der Waals surface area contributed by atoms with Gasteiger partial charge < -0.3 is 9.80 Å². The van der Waals surface area contributed by atoms with Gasteiger partial charge in [0.25, 0.3) is 0 Å². The first-order valence-electron chi connectivity index (χ1n) is 10.8. The van der Waals surface area contributed by atoms with Gasteiger partial charge in [-0.25, -0.2) is 8.42 Å². The molecule has 166 valence electrons. The molecule has 4 rings (SSSR count). The lowest BCUT2D eigenvalue weighted by atomic mass is 10.2. The van der Waals surface area contributed by atoms with Crippen molar-refractivity contribution in [3.05, 3.63) is 60.2 Å². The Balaban J connectivity index is 1.26. The number of amides is 1. The summed E-state index contributed by atoms with van der Waals surface area (Å²) in [6, 6.07) is 17.3. The van der Waals surface area contributed by atoms with E-state index in [9.17, 15) is 13.2 Å². The lowest BCUT2D eigenvalue weighted by Gasteiger charge is -2.38. The van der Waals surface area contributed by atoms with Crippen LogP contribution in [0.4, 0.5) is 5.69 Å². The van der Waals surface area contributed by atoms with Gasteiger partial charge in [-0.05, 0) is 31.2 Å². The molecule has 2 aromatic carbocycles. The number of carbonyl (C=O) groups excluding carboxylic acids is 1. The second-order valence-corrected chi connectivity index (χ2v) is 10.1. The van der Waals surface area contributed by atoms with Gasteiger partial charge in [-0.15, -0.1) is 0 Å². The van der Waals surface area contributed by atoms with Gasteiger partial charge in [-0.3, -0.25) is 9.69 Å². The highest BCUT2D eigenvalue weighted by Gasteiger charge is 2.31. The molecule has 1 amide bonds. The van der Waals surface area contributed by atoms with Crippen LogP contribution in [0.15, 0.2) is 59.5 Å². The van der Waals surface area contributed by atoms with Gasteiger partial charge in [0.05, 0.1) is 11.4 Å². The maximum absolute atomic E-state index is 12.8. The van der Waals surface area contributed by atoms with Crippen LogP contribution in [0.1, 0.15) is 5.56 Å². The summed E-state index contributed by atoms with van der Waals surface area (Å²) in [5.74, 6) is 0.0838. The van der Waals surface area contributed by atoms with Crippen LogP contribution in [0.25, 0.3) is 0 Å². The molecule has 0 unspecified atom stereocenters. The van der Waals surface area contributed by atoms with E-state index in [1.165, 1.54) is 9.99 Å². The second kappa shape index (κ2) is 9.38. The molecule has 0 aliphatic carbocycles. The third-order valence-corrected chi connectivity index (χ3v) is 8.02. The standard InChI is InChI=1S/C23H30N4O3S/c1-20-7-9-22(10-8-20)31(29,30)27-17-15-26(16-18-27)23(28)19-24-11-13-25(14-12-24)21-5-3-2-4-6-21/h2-10H,11-19H2,1H3. The van der Waals surface area contributed by atoms with Crippen molar-refractivity contribution in [3.63, 3.8) is 0 Å². The highest BCUT2D eigenvalue weighted by molar-refractivity contribution is 7.89. The van der Waals surface area contributed by atoms with Crippen LogP contribution >= 0.6 is 0 Å². The Hall–Kier alpha value is -2.42. The van der Waals surface area contributed by atoms with Crippen LogP contribution in [-0.4, -0.2) is 87.3 Å². The van der Waals surface area contributed by atoms with E-state index in [0.717, 1.165) is 31.7 Å². The van der Waals surface area contributed by atoms with Crippen LogP contribution in [0.5, 0.6) is 0 Å². The van der Waals surface area contributed by atoms with Gasteiger partial charge in [0, 0.05) is 58.0 Å². The van der Waals surface area contributed by atoms with Crippen LogP contribution in [0.2, 0.25) is 0 Å². The summed E-state index contributed by atoms with van der Waals surface area (Å²) in [6.07, 6.45) is 0. The van der Waals surface area contributed by atoms with E-state index in [-0.39, 0.29) is 5.91 Å². The Morgan fingerprint density at radius 3 is 2.03 bits per heavy atom. The molecule has 0 atom stereocenters. The number of piperazine rings is 2. The summed E-state index contributed by atoms with van der Waals surface area (Å²) >= 11 is 0. The number of benzene rings is 2. The van der Waals surface area contributed by atoms with Gasteiger partial charge in [0.2, 0.25) is 15.9 Å². The fourth-order valence-corrected chi connectivity index (χ4v) is 5.55. The van der Waals surface area contributed by atoms with Crippen molar-refractivity contribution in [1.29, 1.82) is 0 Å². The average Bonchev–Trinajstić information content (AvgIpc) is 2.80. The minimum atomic E-state index is -3.51. The monoisotopic (exact) mass is 442 g/mol. The summed E-state index contributed by atoms with van der Waals surface area (Å²) in [6.45, 7) is 7.38. The zero-order valence-electron chi connectivity index (χ0n) is 18.0. The quantitative estimate of drug-likeness (QED) is 0.705. The van der Waals surface area contributed by atoms with E-state index in [1.807, 2.05) is 37.3 Å². The maximum atomic E-state index is 12.8. The normalized spacial score (nSPS) is 18.9.